The van der Waals surface area contributed by atoms with E-state index in [0.717, 1.165) is 0 Å². The molecule has 0 amide bonds. The van der Waals surface area contributed by atoms with Gasteiger partial charge in [0.1, 0.15) is 0 Å². The smallest absolute Gasteiger partial charge is 0.310 e. The Balaban J connectivity index is 2.20. The van der Waals surface area contributed by atoms with Gasteiger partial charge in [0.05, 0.1) is 23.8 Å². The molecule has 1 aromatic carbocycles. The first-order valence-corrected chi connectivity index (χ1v) is 9.26. The average molecular weight is 355 g/mol. The quantitative estimate of drug-likeness (QED) is 0.772. The molecule has 1 N–H and O–H groups in total. The van der Waals surface area contributed by atoms with Crippen molar-refractivity contribution in [2.24, 2.45) is 5.92 Å². The summed E-state index contributed by atoms with van der Waals surface area (Å²) >= 11 is 0. The van der Waals surface area contributed by atoms with Gasteiger partial charge in [-0.15, -0.1) is 0 Å². The summed E-state index contributed by atoms with van der Waals surface area (Å²) in [7, 11) is -3.78. The number of hydrogen-bond acceptors (Lipinski definition) is 5. The second kappa shape index (κ2) is 7.76. The number of aliphatic carboxylic acids is 1. The van der Waals surface area contributed by atoms with E-state index in [9.17, 15) is 18.0 Å². The van der Waals surface area contributed by atoms with Crippen molar-refractivity contribution in [3.8, 4) is 0 Å². The summed E-state index contributed by atoms with van der Waals surface area (Å²) < 4.78 is 31.5. The molecular weight excluding hydrogens is 334 g/mol. The third-order valence-electron chi connectivity index (χ3n) is 3.92. The molecule has 1 saturated heterocycles. The summed E-state index contributed by atoms with van der Waals surface area (Å²) in [6.07, 6.45) is 0.984. The van der Waals surface area contributed by atoms with Crippen LogP contribution in [0.3, 0.4) is 0 Å². The van der Waals surface area contributed by atoms with Gasteiger partial charge in [-0.1, -0.05) is 12.1 Å². The number of benzene rings is 1. The number of carbonyl (C=O) groups excluding carboxylic acids is 1. The van der Waals surface area contributed by atoms with Crippen molar-refractivity contribution in [3.05, 3.63) is 29.8 Å². The first-order valence-electron chi connectivity index (χ1n) is 7.82. The van der Waals surface area contributed by atoms with Crippen molar-refractivity contribution in [3.63, 3.8) is 0 Å². The van der Waals surface area contributed by atoms with Gasteiger partial charge in [-0.3, -0.25) is 9.59 Å². The van der Waals surface area contributed by atoms with Crippen LogP contribution in [0, 0.1) is 5.92 Å². The van der Waals surface area contributed by atoms with Gasteiger partial charge in [0.15, 0.2) is 0 Å². The van der Waals surface area contributed by atoms with E-state index in [1.165, 1.54) is 16.4 Å². The van der Waals surface area contributed by atoms with Crippen molar-refractivity contribution in [2.45, 2.75) is 31.1 Å². The normalized spacial score (nSPS) is 19.0. The van der Waals surface area contributed by atoms with Crippen molar-refractivity contribution in [2.75, 3.05) is 19.7 Å². The van der Waals surface area contributed by atoms with Crippen LogP contribution in [-0.4, -0.2) is 49.5 Å². The predicted molar refractivity (Wildman–Crippen MR) is 85.9 cm³/mol. The van der Waals surface area contributed by atoms with Crippen molar-refractivity contribution in [1.29, 1.82) is 0 Å². The second-order valence-electron chi connectivity index (χ2n) is 5.67. The number of carboxylic acid groups (broad SMARTS) is 1. The van der Waals surface area contributed by atoms with Crippen LogP contribution in [0.25, 0.3) is 0 Å². The summed E-state index contributed by atoms with van der Waals surface area (Å²) in [6.45, 7) is 2.24. The van der Waals surface area contributed by atoms with E-state index in [1.54, 1.807) is 19.1 Å². The summed E-state index contributed by atoms with van der Waals surface area (Å²) in [6, 6.07) is 6.12. The largest absolute Gasteiger partial charge is 0.481 e. The number of hydrogen-bond donors (Lipinski definition) is 1. The minimum Gasteiger partial charge on any atom is -0.481 e. The highest BCUT2D eigenvalue weighted by atomic mass is 32.2. The molecule has 8 heteroatoms. The van der Waals surface area contributed by atoms with Crippen LogP contribution in [0.1, 0.15) is 25.3 Å². The minimum atomic E-state index is -3.78. The molecule has 7 nitrogen and oxygen atoms in total. The van der Waals surface area contributed by atoms with E-state index in [-0.39, 0.29) is 24.5 Å². The zero-order chi connectivity index (χ0) is 17.7. The standard InChI is InChI=1S/C16H21NO6S/c1-2-23-15(18)10-12-5-3-7-14(9-12)24(21,22)17-8-4-6-13(11-17)16(19)20/h3,5,7,9,13H,2,4,6,8,10-11H2,1H3,(H,19,20). The van der Waals surface area contributed by atoms with Gasteiger partial charge in [0.25, 0.3) is 0 Å². The zero-order valence-corrected chi connectivity index (χ0v) is 14.3. The molecule has 24 heavy (non-hydrogen) atoms. The molecule has 1 unspecified atom stereocenters. The first kappa shape index (κ1) is 18.4. The number of rotatable bonds is 6. The molecule has 132 valence electrons. The molecule has 0 saturated carbocycles. The maximum atomic E-state index is 12.7. The molecule has 2 rings (SSSR count). The number of esters is 1. The lowest BCUT2D eigenvalue weighted by molar-refractivity contribution is -0.143. The van der Waals surface area contributed by atoms with Gasteiger partial charge in [-0.25, -0.2) is 8.42 Å². The Morgan fingerprint density at radius 1 is 1.38 bits per heavy atom. The molecule has 0 radical (unpaired) electrons. The van der Waals surface area contributed by atoms with Crippen LogP contribution in [-0.2, 0) is 30.8 Å². The minimum absolute atomic E-state index is 0.00501. The summed E-state index contributed by atoms with van der Waals surface area (Å²) in [4.78, 5) is 22.7. The molecule has 1 heterocycles. The molecule has 1 aliphatic heterocycles. The fourth-order valence-corrected chi connectivity index (χ4v) is 4.30. The van der Waals surface area contributed by atoms with Gasteiger partial charge >= 0.3 is 11.9 Å². The molecule has 1 atom stereocenters. The average Bonchev–Trinajstić information content (AvgIpc) is 2.55. The van der Waals surface area contributed by atoms with E-state index in [4.69, 9.17) is 9.84 Å². The monoisotopic (exact) mass is 355 g/mol. The van der Waals surface area contributed by atoms with Crippen LogP contribution < -0.4 is 0 Å². The Bertz CT molecular complexity index is 715. The van der Waals surface area contributed by atoms with E-state index >= 15 is 0 Å². The van der Waals surface area contributed by atoms with Crippen LogP contribution in [0.5, 0.6) is 0 Å². The van der Waals surface area contributed by atoms with Crippen LogP contribution in [0.15, 0.2) is 29.2 Å². The Morgan fingerprint density at radius 2 is 2.12 bits per heavy atom. The van der Waals surface area contributed by atoms with Crippen LogP contribution in [0.2, 0.25) is 0 Å². The van der Waals surface area contributed by atoms with Crippen molar-refractivity contribution in [1.82, 2.24) is 4.31 Å². The highest BCUT2D eigenvalue weighted by Gasteiger charge is 2.33. The summed E-state index contributed by atoms with van der Waals surface area (Å²) in [5, 5.41) is 9.11. The highest BCUT2D eigenvalue weighted by molar-refractivity contribution is 7.89. The van der Waals surface area contributed by atoms with E-state index in [2.05, 4.69) is 0 Å². The topological polar surface area (TPSA) is 101 Å². The van der Waals surface area contributed by atoms with E-state index in [1.807, 2.05) is 0 Å². The summed E-state index contributed by atoms with van der Waals surface area (Å²) in [5.41, 5.74) is 0.543. The third kappa shape index (κ3) is 4.33. The van der Waals surface area contributed by atoms with E-state index in [0.29, 0.717) is 24.9 Å². The molecular formula is C16H21NO6S. The van der Waals surface area contributed by atoms with Gasteiger partial charge in [-0.2, -0.15) is 4.31 Å². The second-order valence-corrected chi connectivity index (χ2v) is 7.61. The number of carboxylic acids is 1. The fourth-order valence-electron chi connectivity index (χ4n) is 2.71. The summed E-state index contributed by atoms with van der Waals surface area (Å²) in [5.74, 6) is -2.09. The Morgan fingerprint density at radius 3 is 2.79 bits per heavy atom. The van der Waals surface area contributed by atoms with Gasteiger partial charge in [-0.05, 0) is 37.5 Å². The number of piperidine rings is 1. The zero-order valence-electron chi connectivity index (χ0n) is 13.5. The highest BCUT2D eigenvalue weighted by Crippen LogP contribution is 2.24. The Kier molecular flexibility index (Phi) is 5.95. The van der Waals surface area contributed by atoms with Gasteiger partial charge in [0.2, 0.25) is 10.0 Å². The number of ether oxygens (including phenoxy) is 1. The van der Waals surface area contributed by atoms with E-state index < -0.39 is 27.9 Å². The molecule has 0 aromatic heterocycles. The first-order chi connectivity index (χ1) is 11.3. The third-order valence-corrected chi connectivity index (χ3v) is 5.78. The van der Waals surface area contributed by atoms with Crippen LogP contribution >= 0.6 is 0 Å². The maximum absolute atomic E-state index is 12.7. The number of nitrogens with zero attached hydrogens (tertiary/aromatic N) is 1. The lowest BCUT2D eigenvalue weighted by atomic mass is 10.0. The molecule has 0 bridgehead atoms. The fraction of sp³-hybridized carbons (Fsp3) is 0.500. The van der Waals surface area contributed by atoms with Crippen molar-refractivity contribution >= 4 is 22.0 Å². The predicted octanol–water partition coefficient (Wildman–Crippen LogP) is 1.28. The lowest BCUT2D eigenvalue weighted by Crippen LogP contribution is -2.42. The molecule has 0 aliphatic carbocycles. The molecule has 1 aliphatic rings. The SMILES string of the molecule is CCOC(=O)Cc1cccc(S(=O)(=O)N2CCCC(C(=O)O)C2)c1. The lowest BCUT2D eigenvalue weighted by Gasteiger charge is -2.29. The number of carbonyl (C=O) groups is 2. The molecule has 1 fully saturated rings. The van der Waals surface area contributed by atoms with Gasteiger partial charge in [0, 0.05) is 13.1 Å². The Hall–Kier alpha value is -1.93. The van der Waals surface area contributed by atoms with Gasteiger partial charge < -0.3 is 9.84 Å². The van der Waals surface area contributed by atoms with Crippen LogP contribution in [0.4, 0.5) is 0 Å². The maximum Gasteiger partial charge on any atom is 0.310 e. The van der Waals surface area contributed by atoms with Crippen molar-refractivity contribution < 1.29 is 27.9 Å². The molecule has 0 spiro atoms. The number of sulfonamides is 1. The molecule has 1 aromatic rings. The Labute approximate surface area is 141 Å².